The van der Waals surface area contributed by atoms with Crippen LogP contribution in [-0.2, 0) is 0 Å². The molecule has 0 aromatic heterocycles. The Bertz CT molecular complexity index is 470. The lowest BCUT2D eigenvalue weighted by Crippen LogP contribution is -2.44. The van der Waals surface area contributed by atoms with E-state index in [2.05, 4.69) is 11.9 Å². The molecule has 1 aromatic carbocycles. The summed E-state index contributed by atoms with van der Waals surface area (Å²) in [5.74, 6) is -0.553. The average molecular weight is 265 g/mol. The van der Waals surface area contributed by atoms with E-state index in [9.17, 15) is 9.18 Å². The Morgan fingerprint density at radius 2 is 2.05 bits per heavy atom. The molecule has 4 nitrogen and oxygen atoms in total. The van der Waals surface area contributed by atoms with E-state index in [4.69, 9.17) is 5.73 Å². The van der Waals surface area contributed by atoms with Crippen molar-refractivity contribution in [2.24, 2.45) is 0 Å². The van der Waals surface area contributed by atoms with Crippen LogP contribution in [0.15, 0.2) is 18.2 Å². The number of nitrogens with two attached hydrogens (primary N) is 1. The van der Waals surface area contributed by atoms with Crippen LogP contribution in [0, 0.1) is 5.82 Å². The predicted molar refractivity (Wildman–Crippen MR) is 73.4 cm³/mol. The Hall–Kier alpha value is -1.62. The number of hydrogen-bond acceptors (Lipinski definition) is 3. The monoisotopic (exact) mass is 265 g/mol. The van der Waals surface area contributed by atoms with E-state index in [1.54, 1.807) is 11.9 Å². The molecule has 0 radical (unpaired) electrons. The molecule has 1 fully saturated rings. The Labute approximate surface area is 113 Å². The van der Waals surface area contributed by atoms with Crippen molar-refractivity contribution in [3.8, 4) is 0 Å². The molecule has 1 aromatic rings. The van der Waals surface area contributed by atoms with Gasteiger partial charge in [-0.1, -0.05) is 0 Å². The number of nitrogens with zero attached hydrogens (tertiary/aromatic N) is 2. The molecule has 0 aliphatic carbocycles. The van der Waals surface area contributed by atoms with Gasteiger partial charge in [0, 0.05) is 18.8 Å². The van der Waals surface area contributed by atoms with E-state index in [0.717, 1.165) is 25.9 Å². The summed E-state index contributed by atoms with van der Waals surface area (Å²) in [5, 5.41) is 0. The fraction of sp³-hybridized carbons (Fsp3) is 0.500. The summed E-state index contributed by atoms with van der Waals surface area (Å²) in [6.45, 7) is 1.97. The van der Waals surface area contributed by atoms with Crippen molar-refractivity contribution in [1.29, 1.82) is 0 Å². The molecular formula is C14H20FN3O. The van der Waals surface area contributed by atoms with Crippen LogP contribution in [-0.4, -0.2) is 48.9 Å². The molecule has 0 unspecified atom stereocenters. The molecule has 1 aliphatic heterocycles. The smallest absolute Gasteiger partial charge is 0.255 e. The minimum atomic E-state index is -0.420. The number of rotatable bonds is 2. The first-order valence-corrected chi connectivity index (χ1v) is 6.50. The number of piperidine rings is 1. The zero-order chi connectivity index (χ0) is 14.0. The van der Waals surface area contributed by atoms with Gasteiger partial charge in [0.1, 0.15) is 5.82 Å². The lowest BCUT2D eigenvalue weighted by Gasteiger charge is -2.35. The van der Waals surface area contributed by atoms with Crippen LogP contribution in [0.3, 0.4) is 0 Å². The lowest BCUT2D eigenvalue weighted by atomic mass is 10.0. The molecular weight excluding hydrogens is 245 g/mol. The second-order valence-electron chi connectivity index (χ2n) is 5.18. The maximum absolute atomic E-state index is 13.0. The van der Waals surface area contributed by atoms with Crippen LogP contribution in [0.2, 0.25) is 0 Å². The number of benzene rings is 1. The maximum atomic E-state index is 13.0. The summed E-state index contributed by atoms with van der Waals surface area (Å²) < 4.78 is 13.0. The highest BCUT2D eigenvalue weighted by Gasteiger charge is 2.25. The van der Waals surface area contributed by atoms with E-state index in [1.165, 1.54) is 18.2 Å². The number of hydrogen-bond donors (Lipinski definition) is 1. The molecule has 0 saturated carbocycles. The van der Waals surface area contributed by atoms with E-state index in [0.29, 0.717) is 5.56 Å². The first-order chi connectivity index (χ1) is 8.99. The molecule has 104 valence electrons. The van der Waals surface area contributed by atoms with Gasteiger partial charge in [-0.3, -0.25) is 4.79 Å². The SMILES string of the molecule is CN1CCC(N(C)C(=O)c2ccc(F)cc2N)CC1. The number of anilines is 1. The van der Waals surface area contributed by atoms with Gasteiger partial charge < -0.3 is 15.5 Å². The molecule has 2 rings (SSSR count). The molecule has 1 heterocycles. The van der Waals surface area contributed by atoms with Gasteiger partial charge >= 0.3 is 0 Å². The van der Waals surface area contributed by atoms with E-state index < -0.39 is 5.82 Å². The first-order valence-electron chi connectivity index (χ1n) is 6.50. The zero-order valence-electron chi connectivity index (χ0n) is 11.4. The second kappa shape index (κ2) is 5.57. The predicted octanol–water partition coefficient (Wildman–Crippen LogP) is 1.57. The molecule has 1 amide bonds. The molecule has 0 spiro atoms. The summed E-state index contributed by atoms with van der Waals surface area (Å²) in [7, 11) is 3.87. The summed E-state index contributed by atoms with van der Waals surface area (Å²) in [5.41, 5.74) is 6.29. The van der Waals surface area contributed by atoms with Crippen LogP contribution in [0.25, 0.3) is 0 Å². The highest BCUT2D eigenvalue weighted by molar-refractivity contribution is 5.99. The van der Waals surface area contributed by atoms with Crippen LogP contribution in [0.1, 0.15) is 23.2 Å². The van der Waals surface area contributed by atoms with Gasteiger partial charge in [-0.25, -0.2) is 4.39 Å². The first kappa shape index (κ1) is 13.8. The highest BCUT2D eigenvalue weighted by atomic mass is 19.1. The van der Waals surface area contributed by atoms with Gasteiger partial charge in [-0.15, -0.1) is 0 Å². The summed E-state index contributed by atoms with van der Waals surface area (Å²) in [6.07, 6.45) is 1.92. The van der Waals surface area contributed by atoms with Crippen molar-refractivity contribution in [3.05, 3.63) is 29.6 Å². The van der Waals surface area contributed by atoms with Crippen molar-refractivity contribution in [2.45, 2.75) is 18.9 Å². The van der Waals surface area contributed by atoms with Crippen molar-refractivity contribution in [1.82, 2.24) is 9.80 Å². The van der Waals surface area contributed by atoms with Crippen molar-refractivity contribution in [3.63, 3.8) is 0 Å². The Kier molecular flexibility index (Phi) is 4.04. The average Bonchev–Trinajstić information content (AvgIpc) is 2.38. The maximum Gasteiger partial charge on any atom is 0.255 e. The number of likely N-dealkylation sites (tertiary alicyclic amines) is 1. The molecule has 1 aliphatic rings. The Morgan fingerprint density at radius 1 is 1.42 bits per heavy atom. The van der Waals surface area contributed by atoms with Gasteiger partial charge in [0.05, 0.1) is 5.56 Å². The highest BCUT2D eigenvalue weighted by Crippen LogP contribution is 2.20. The number of nitrogen functional groups attached to an aromatic ring is 1. The largest absolute Gasteiger partial charge is 0.398 e. The van der Waals surface area contributed by atoms with E-state index in [-0.39, 0.29) is 17.6 Å². The third-order valence-electron chi connectivity index (χ3n) is 3.80. The number of halogens is 1. The van der Waals surface area contributed by atoms with Gasteiger partial charge in [0.2, 0.25) is 0 Å². The molecule has 1 saturated heterocycles. The topological polar surface area (TPSA) is 49.6 Å². The molecule has 0 bridgehead atoms. The van der Waals surface area contributed by atoms with Gasteiger partial charge in [-0.05, 0) is 51.2 Å². The Balaban J connectivity index is 2.10. The van der Waals surface area contributed by atoms with Crippen molar-refractivity contribution < 1.29 is 9.18 Å². The van der Waals surface area contributed by atoms with E-state index >= 15 is 0 Å². The van der Waals surface area contributed by atoms with Crippen molar-refractivity contribution in [2.75, 3.05) is 32.9 Å². The van der Waals surface area contributed by atoms with E-state index in [1.807, 2.05) is 0 Å². The Morgan fingerprint density at radius 3 is 2.63 bits per heavy atom. The molecule has 19 heavy (non-hydrogen) atoms. The van der Waals surface area contributed by atoms with Gasteiger partial charge in [0.25, 0.3) is 5.91 Å². The van der Waals surface area contributed by atoms with Crippen molar-refractivity contribution >= 4 is 11.6 Å². The summed E-state index contributed by atoms with van der Waals surface area (Å²) >= 11 is 0. The molecule has 2 N–H and O–H groups in total. The fourth-order valence-corrected chi connectivity index (χ4v) is 2.47. The number of amides is 1. The third-order valence-corrected chi connectivity index (χ3v) is 3.80. The fourth-order valence-electron chi connectivity index (χ4n) is 2.47. The minimum Gasteiger partial charge on any atom is -0.398 e. The minimum absolute atomic E-state index is 0.132. The quantitative estimate of drug-likeness (QED) is 0.826. The lowest BCUT2D eigenvalue weighted by molar-refractivity contribution is 0.0660. The number of carbonyl (C=O) groups excluding carboxylic acids is 1. The molecule has 0 atom stereocenters. The zero-order valence-corrected chi connectivity index (χ0v) is 11.4. The normalized spacial score (nSPS) is 17.4. The van der Waals surface area contributed by atoms with Gasteiger partial charge in [-0.2, -0.15) is 0 Å². The van der Waals surface area contributed by atoms with Crippen LogP contribution in [0.4, 0.5) is 10.1 Å². The second-order valence-corrected chi connectivity index (χ2v) is 5.18. The van der Waals surface area contributed by atoms with Crippen LogP contribution in [0.5, 0.6) is 0 Å². The summed E-state index contributed by atoms with van der Waals surface area (Å²) in [6, 6.07) is 4.15. The van der Waals surface area contributed by atoms with Gasteiger partial charge in [0.15, 0.2) is 0 Å². The summed E-state index contributed by atoms with van der Waals surface area (Å²) in [4.78, 5) is 16.4. The van der Waals surface area contributed by atoms with Crippen LogP contribution >= 0.6 is 0 Å². The number of carbonyl (C=O) groups is 1. The standard InChI is InChI=1S/C14H20FN3O/c1-17-7-5-11(6-8-17)18(2)14(19)12-4-3-10(15)9-13(12)16/h3-4,9,11H,5-8,16H2,1-2H3. The third kappa shape index (κ3) is 3.04. The molecule has 5 heteroatoms. The van der Waals surface area contributed by atoms with Crippen LogP contribution < -0.4 is 5.73 Å².